The smallest absolute Gasteiger partial charge is 0.120 e. The van der Waals surface area contributed by atoms with E-state index in [0.717, 1.165) is 50.8 Å². The fraction of sp³-hybridized carbons (Fsp3) is 0.438. The lowest BCUT2D eigenvalue weighted by Gasteiger charge is -2.32. The molecule has 0 aliphatic heterocycles. The van der Waals surface area contributed by atoms with E-state index in [9.17, 15) is 5.11 Å². The minimum absolute atomic E-state index is 0.155. The summed E-state index contributed by atoms with van der Waals surface area (Å²) in [5.74, 6) is 1.72. The second-order valence-electron chi connectivity index (χ2n) is 11.1. The average Bonchev–Trinajstić information content (AvgIpc) is 2.87. The zero-order chi connectivity index (χ0) is 25.7. The molecule has 0 saturated heterocycles. The summed E-state index contributed by atoms with van der Waals surface area (Å²) in [4.78, 5) is 2.29. The van der Waals surface area contributed by atoms with Crippen molar-refractivity contribution in [1.29, 1.82) is 0 Å². The molecule has 4 heteroatoms. The van der Waals surface area contributed by atoms with Crippen LogP contribution in [0.3, 0.4) is 0 Å². The second kappa shape index (κ2) is 11.4. The van der Waals surface area contributed by atoms with Crippen LogP contribution in [0, 0.1) is 0 Å². The summed E-state index contributed by atoms with van der Waals surface area (Å²) < 4.78 is 5.53. The van der Waals surface area contributed by atoms with Gasteiger partial charge in [-0.3, -0.25) is 0 Å². The summed E-state index contributed by atoms with van der Waals surface area (Å²) >= 11 is 0. The van der Waals surface area contributed by atoms with Crippen molar-refractivity contribution in [2.24, 2.45) is 0 Å². The lowest BCUT2D eigenvalue weighted by atomic mass is 9.79. The van der Waals surface area contributed by atoms with Crippen molar-refractivity contribution in [3.05, 3.63) is 88.5 Å². The molecule has 4 nitrogen and oxygen atoms in total. The number of aromatic hydroxyl groups is 1. The summed E-state index contributed by atoms with van der Waals surface area (Å²) in [6.07, 6.45) is 6.28. The van der Waals surface area contributed by atoms with Crippen LogP contribution in [0.1, 0.15) is 60.4 Å². The van der Waals surface area contributed by atoms with Crippen molar-refractivity contribution in [3.63, 3.8) is 0 Å². The highest BCUT2D eigenvalue weighted by Crippen LogP contribution is 2.38. The Labute approximate surface area is 217 Å². The van der Waals surface area contributed by atoms with Gasteiger partial charge in [0.15, 0.2) is 0 Å². The predicted octanol–water partition coefficient (Wildman–Crippen LogP) is 6.60. The molecular formula is C32H42N2O2. The monoisotopic (exact) mass is 486 g/mol. The molecule has 0 radical (unpaired) electrons. The molecule has 4 rings (SSSR count). The Morgan fingerprint density at radius 1 is 0.972 bits per heavy atom. The fourth-order valence-corrected chi connectivity index (χ4v) is 5.18. The zero-order valence-electron chi connectivity index (χ0n) is 22.6. The van der Waals surface area contributed by atoms with E-state index in [-0.39, 0.29) is 5.54 Å². The van der Waals surface area contributed by atoms with E-state index in [4.69, 9.17) is 4.74 Å². The molecule has 2 N–H and O–H groups in total. The first kappa shape index (κ1) is 26.1. The van der Waals surface area contributed by atoms with Crippen molar-refractivity contribution in [2.75, 3.05) is 33.1 Å². The van der Waals surface area contributed by atoms with E-state index < -0.39 is 0 Å². The topological polar surface area (TPSA) is 44.7 Å². The van der Waals surface area contributed by atoms with Gasteiger partial charge in [-0.25, -0.2) is 0 Å². The van der Waals surface area contributed by atoms with Gasteiger partial charge in [0.25, 0.3) is 0 Å². The highest BCUT2D eigenvalue weighted by molar-refractivity contribution is 5.57. The minimum atomic E-state index is 0.155. The Morgan fingerprint density at radius 2 is 1.72 bits per heavy atom. The first-order chi connectivity index (χ1) is 17.2. The van der Waals surface area contributed by atoms with Crippen LogP contribution in [0.2, 0.25) is 0 Å². The molecule has 0 amide bonds. The van der Waals surface area contributed by atoms with E-state index in [2.05, 4.69) is 86.7 Å². The molecule has 0 fully saturated rings. The largest absolute Gasteiger partial charge is 0.508 e. The molecule has 3 aromatic carbocycles. The van der Waals surface area contributed by atoms with Gasteiger partial charge in [0.1, 0.15) is 11.5 Å². The zero-order valence-corrected chi connectivity index (χ0v) is 22.6. The van der Waals surface area contributed by atoms with Crippen molar-refractivity contribution >= 4 is 5.69 Å². The molecule has 0 spiro atoms. The van der Waals surface area contributed by atoms with Gasteiger partial charge < -0.3 is 20.1 Å². The number of fused-ring (bicyclic) bond motifs is 1. The van der Waals surface area contributed by atoms with Crippen LogP contribution in [0.5, 0.6) is 11.5 Å². The van der Waals surface area contributed by atoms with Crippen LogP contribution in [0.4, 0.5) is 5.69 Å². The van der Waals surface area contributed by atoms with Crippen molar-refractivity contribution in [3.8, 4) is 11.5 Å². The maximum absolute atomic E-state index is 9.83. The van der Waals surface area contributed by atoms with Crippen LogP contribution in [0.15, 0.2) is 60.7 Å². The first-order valence-corrected chi connectivity index (χ1v) is 13.2. The van der Waals surface area contributed by atoms with E-state index >= 15 is 0 Å². The summed E-state index contributed by atoms with van der Waals surface area (Å²) in [7, 11) is 6.02. The van der Waals surface area contributed by atoms with Crippen LogP contribution in [-0.2, 0) is 25.7 Å². The number of ether oxygens (including phenoxy) is 1. The lowest BCUT2D eigenvalue weighted by Crippen LogP contribution is -2.40. The minimum Gasteiger partial charge on any atom is -0.508 e. The maximum atomic E-state index is 9.83. The number of phenolic OH excluding ortho intramolecular Hbond substituents is 1. The number of aryl methyl sites for hydroxylation is 2. The number of hydrogen-bond acceptors (Lipinski definition) is 4. The molecular weight excluding hydrogens is 444 g/mol. The molecule has 1 atom stereocenters. The second-order valence-corrected chi connectivity index (χ2v) is 11.1. The molecule has 3 aromatic rings. The first-order valence-electron chi connectivity index (χ1n) is 13.2. The van der Waals surface area contributed by atoms with Crippen molar-refractivity contribution in [1.82, 2.24) is 4.90 Å². The normalized spacial score (nSPS) is 15.6. The summed E-state index contributed by atoms with van der Waals surface area (Å²) in [6.45, 7) is 5.50. The SMILES string of the molecule is COc1ccc(C2CCc3cc(O)ccc3C2)c(NCCCc2ccc(CC(C)(C)N(C)C)cc2)c1. The van der Waals surface area contributed by atoms with Crippen molar-refractivity contribution < 1.29 is 9.84 Å². The third-order valence-corrected chi connectivity index (χ3v) is 7.95. The number of nitrogens with zero attached hydrogens (tertiary/aromatic N) is 1. The van der Waals surface area contributed by atoms with Crippen molar-refractivity contribution in [2.45, 2.75) is 63.8 Å². The van der Waals surface area contributed by atoms with Gasteiger partial charge in [0, 0.05) is 23.8 Å². The maximum Gasteiger partial charge on any atom is 0.120 e. The summed E-state index contributed by atoms with van der Waals surface area (Å²) in [6, 6.07) is 21.4. The number of likely N-dealkylation sites (N-methyl/N-ethyl adjacent to an activating group) is 1. The molecule has 0 heterocycles. The lowest BCUT2D eigenvalue weighted by molar-refractivity contribution is 0.195. The fourth-order valence-electron chi connectivity index (χ4n) is 5.18. The summed E-state index contributed by atoms with van der Waals surface area (Å²) in [5, 5.41) is 13.5. The number of phenols is 1. The van der Waals surface area contributed by atoms with E-state index in [1.165, 1.54) is 33.5 Å². The molecule has 1 aliphatic rings. The quantitative estimate of drug-likeness (QED) is 0.317. The Balaban J connectivity index is 1.36. The highest BCUT2D eigenvalue weighted by Gasteiger charge is 2.23. The van der Waals surface area contributed by atoms with E-state index in [0.29, 0.717) is 11.7 Å². The predicted molar refractivity (Wildman–Crippen MR) is 151 cm³/mol. The number of hydrogen-bond donors (Lipinski definition) is 2. The number of rotatable bonds is 10. The van der Waals surface area contributed by atoms with Gasteiger partial charge >= 0.3 is 0 Å². The molecule has 0 aromatic heterocycles. The molecule has 36 heavy (non-hydrogen) atoms. The third-order valence-electron chi connectivity index (χ3n) is 7.95. The van der Waals surface area contributed by atoms with Gasteiger partial charge in [-0.05, 0) is 118 Å². The van der Waals surface area contributed by atoms with Crippen LogP contribution in [0.25, 0.3) is 0 Å². The molecule has 0 saturated carbocycles. The molecule has 192 valence electrons. The Hall–Kier alpha value is -2.98. The van der Waals surface area contributed by atoms with Crippen LogP contribution < -0.4 is 10.1 Å². The van der Waals surface area contributed by atoms with Crippen LogP contribution in [-0.4, -0.2) is 43.3 Å². The Kier molecular flexibility index (Phi) is 8.25. The molecule has 0 bridgehead atoms. The highest BCUT2D eigenvalue weighted by atomic mass is 16.5. The van der Waals surface area contributed by atoms with Gasteiger partial charge in [-0.1, -0.05) is 36.4 Å². The van der Waals surface area contributed by atoms with Gasteiger partial charge in [0.2, 0.25) is 0 Å². The standard InChI is InChI=1S/C32H42N2O2/c1-32(2,34(3)4)22-24-10-8-23(9-11-24)7-6-18-33-31-21-29(36-5)16-17-30(31)27-13-12-26-20-28(35)15-14-25(26)19-27/h8-11,14-17,20-21,27,33,35H,6-7,12-13,18-19,22H2,1-5H3. The van der Waals surface area contributed by atoms with E-state index in [1.54, 1.807) is 7.11 Å². The molecule has 1 unspecified atom stereocenters. The Bertz CT molecular complexity index is 1150. The number of anilines is 1. The number of benzene rings is 3. The Morgan fingerprint density at radius 3 is 2.44 bits per heavy atom. The van der Waals surface area contributed by atoms with Crippen LogP contribution >= 0.6 is 0 Å². The number of methoxy groups -OCH3 is 1. The average molecular weight is 487 g/mol. The molecule has 1 aliphatic carbocycles. The number of nitrogens with one attached hydrogen (secondary N) is 1. The van der Waals surface area contributed by atoms with Gasteiger partial charge in [0.05, 0.1) is 7.11 Å². The van der Waals surface area contributed by atoms with Gasteiger partial charge in [-0.2, -0.15) is 0 Å². The summed E-state index contributed by atoms with van der Waals surface area (Å²) in [5.41, 5.74) is 8.11. The van der Waals surface area contributed by atoms with E-state index in [1.807, 2.05) is 12.1 Å². The van der Waals surface area contributed by atoms with Gasteiger partial charge in [-0.15, -0.1) is 0 Å². The third kappa shape index (κ3) is 6.41.